The second-order valence-corrected chi connectivity index (χ2v) is 8.32. The average Bonchev–Trinajstić information content (AvgIpc) is 2.41. The van der Waals surface area contributed by atoms with Crippen molar-refractivity contribution in [1.82, 2.24) is 9.97 Å². The molecule has 0 bridgehead atoms. The van der Waals surface area contributed by atoms with E-state index in [0.717, 1.165) is 12.8 Å². The first kappa shape index (κ1) is 18.4. The van der Waals surface area contributed by atoms with E-state index in [4.69, 9.17) is 5.73 Å². The van der Waals surface area contributed by atoms with Crippen molar-refractivity contribution in [3.05, 3.63) is 11.8 Å². The van der Waals surface area contributed by atoms with Crippen LogP contribution in [-0.2, 0) is 0 Å². The lowest BCUT2D eigenvalue weighted by Crippen LogP contribution is -2.41. The van der Waals surface area contributed by atoms with Crippen molar-refractivity contribution in [1.29, 1.82) is 0 Å². The first-order valence-corrected chi connectivity index (χ1v) is 8.37. The second kappa shape index (κ2) is 6.55. The van der Waals surface area contributed by atoms with Gasteiger partial charge in [0.15, 0.2) is 0 Å². The molecule has 0 saturated heterocycles. The molecule has 0 aliphatic heterocycles. The zero-order valence-electron chi connectivity index (χ0n) is 15.2. The molecule has 2 rings (SSSR count). The van der Waals surface area contributed by atoms with Crippen LogP contribution in [0.3, 0.4) is 0 Å². The molecule has 7 heteroatoms. The molecule has 0 radical (unpaired) electrons. The van der Waals surface area contributed by atoms with Crippen LogP contribution >= 0.6 is 0 Å². The number of nitrogens with one attached hydrogen (secondary N) is 2. The fourth-order valence-electron chi connectivity index (χ4n) is 2.81. The Labute approximate surface area is 143 Å². The highest BCUT2D eigenvalue weighted by atomic mass is 16.3. The van der Waals surface area contributed by atoms with Gasteiger partial charge in [-0.25, -0.2) is 4.98 Å². The number of carbonyl (C=O) groups is 1. The Morgan fingerprint density at radius 3 is 2.62 bits per heavy atom. The summed E-state index contributed by atoms with van der Waals surface area (Å²) in [6, 6.07) is 0.0449. The first-order valence-electron chi connectivity index (χ1n) is 8.37. The van der Waals surface area contributed by atoms with E-state index in [9.17, 15) is 9.90 Å². The van der Waals surface area contributed by atoms with Gasteiger partial charge in [-0.2, -0.15) is 4.98 Å². The topological polar surface area (TPSA) is 113 Å². The minimum absolute atomic E-state index is 0.0449. The number of hydrogen-bond donors (Lipinski definition) is 4. The van der Waals surface area contributed by atoms with E-state index in [1.165, 1.54) is 6.20 Å². The summed E-state index contributed by atoms with van der Waals surface area (Å²) in [5.41, 5.74) is 5.41. The Bertz CT molecular complexity index is 609. The van der Waals surface area contributed by atoms with Gasteiger partial charge in [0.05, 0.1) is 11.7 Å². The van der Waals surface area contributed by atoms with Crippen LogP contribution in [0.5, 0.6) is 0 Å². The predicted molar refractivity (Wildman–Crippen MR) is 95.0 cm³/mol. The lowest BCUT2D eigenvalue weighted by molar-refractivity contribution is 0.00912. The zero-order valence-corrected chi connectivity index (χ0v) is 15.2. The van der Waals surface area contributed by atoms with E-state index in [2.05, 4.69) is 34.4 Å². The predicted octanol–water partition coefficient (Wildman–Crippen LogP) is 2.14. The Morgan fingerprint density at radius 2 is 2.08 bits per heavy atom. The molecule has 1 unspecified atom stereocenters. The van der Waals surface area contributed by atoms with Crippen LogP contribution in [0.2, 0.25) is 0 Å². The SMILES string of the molecule is CC(C)(C)Nc1ncc(C(N)=O)c(NC2CCC(C)(C)[C@@H](O)C2)n1. The summed E-state index contributed by atoms with van der Waals surface area (Å²) in [7, 11) is 0. The fraction of sp³-hybridized carbons (Fsp3) is 0.706. The summed E-state index contributed by atoms with van der Waals surface area (Å²) in [6.07, 6.45) is 3.45. The minimum Gasteiger partial charge on any atom is -0.392 e. The van der Waals surface area contributed by atoms with Gasteiger partial charge in [-0.05, 0) is 45.4 Å². The number of amides is 1. The van der Waals surface area contributed by atoms with E-state index in [1.807, 2.05) is 20.8 Å². The van der Waals surface area contributed by atoms with Gasteiger partial charge in [-0.3, -0.25) is 4.79 Å². The molecule has 1 heterocycles. The van der Waals surface area contributed by atoms with Crippen molar-refractivity contribution in [3.63, 3.8) is 0 Å². The molecule has 5 N–H and O–H groups in total. The van der Waals surface area contributed by atoms with Crippen molar-refractivity contribution >= 4 is 17.7 Å². The minimum atomic E-state index is -0.573. The molecule has 0 aromatic carbocycles. The molecule has 1 aromatic rings. The standard InChI is InChI=1S/C17H29N5O2/c1-16(2,3)22-15-19-9-11(13(18)24)14(21-15)20-10-6-7-17(4,5)12(23)8-10/h9-10,12,23H,6-8H2,1-5H3,(H2,18,24)(H2,19,20,21,22)/t10?,12-/m0/s1. The number of carbonyl (C=O) groups excluding carboxylic acids is 1. The molecule has 1 aliphatic carbocycles. The smallest absolute Gasteiger partial charge is 0.254 e. The van der Waals surface area contributed by atoms with Crippen molar-refractivity contribution < 1.29 is 9.90 Å². The molecule has 1 aliphatic rings. The first-order chi connectivity index (χ1) is 11.0. The number of aliphatic hydroxyl groups is 1. The third-order valence-electron chi connectivity index (χ3n) is 4.43. The summed E-state index contributed by atoms with van der Waals surface area (Å²) >= 11 is 0. The summed E-state index contributed by atoms with van der Waals surface area (Å²) < 4.78 is 0. The van der Waals surface area contributed by atoms with Crippen molar-refractivity contribution in [2.24, 2.45) is 11.1 Å². The number of anilines is 2. The average molecular weight is 335 g/mol. The maximum atomic E-state index is 11.7. The lowest BCUT2D eigenvalue weighted by atomic mass is 9.73. The van der Waals surface area contributed by atoms with E-state index in [-0.39, 0.29) is 22.6 Å². The molecule has 24 heavy (non-hydrogen) atoms. The van der Waals surface area contributed by atoms with E-state index in [0.29, 0.717) is 18.2 Å². The van der Waals surface area contributed by atoms with Gasteiger partial charge in [-0.15, -0.1) is 0 Å². The van der Waals surface area contributed by atoms with Gasteiger partial charge < -0.3 is 21.5 Å². The molecular formula is C17H29N5O2. The molecule has 7 nitrogen and oxygen atoms in total. The Hall–Kier alpha value is -1.89. The summed E-state index contributed by atoms with van der Waals surface area (Å²) in [6.45, 7) is 10.2. The third-order valence-corrected chi connectivity index (χ3v) is 4.43. The van der Waals surface area contributed by atoms with Crippen LogP contribution in [-0.4, -0.2) is 38.7 Å². The van der Waals surface area contributed by atoms with Crippen LogP contribution in [0.15, 0.2) is 6.20 Å². The maximum Gasteiger partial charge on any atom is 0.254 e. The second-order valence-electron chi connectivity index (χ2n) is 8.32. The molecular weight excluding hydrogens is 306 g/mol. The fourth-order valence-corrected chi connectivity index (χ4v) is 2.81. The number of primary amides is 1. The van der Waals surface area contributed by atoms with Gasteiger partial charge in [0.1, 0.15) is 5.82 Å². The normalized spacial score (nSPS) is 23.6. The van der Waals surface area contributed by atoms with Crippen LogP contribution in [0.1, 0.15) is 64.2 Å². The molecule has 0 spiro atoms. The summed E-state index contributed by atoms with van der Waals surface area (Å²) in [5, 5.41) is 16.8. The van der Waals surface area contributed by atoms with Gasteiger partial charge in [-0.1, -0.05) is 13.8 Å². The lowest BCUT2D eigenvalue weighted by Gasteiger charge is -2.39. The number of nitrogens with zero attached hydrogens (tertiary/aromatic N) is 2. The molecule has 1 amide bonds. The summed E-state index contributed by atoms with van der Waals surface area (Å²) in [5.74, 6) is 0.282. The molecule has 134 valence electrons. The quantitative estimate of drug-likeness (QED) is 0.670. The van der Waals surface area contributed by atoms with Crippen LogP contribution in [0.4, 0.5) is 11.8 Å². The summed E-state index contributed by atoms with van der Waals surface area (Å²) in [4.78, 5) is 20.2. The van der Waals surface area contributed by atoms with Crippen molar-refractivity contribution in [2.75, 3.05) is 10.6 Å². The molecule has 1 saturated carbocycles. The van der Waals surface area contributed by atoms with Crippen molar-refractivity contribution in [2.45, 2.75) is 71.6 Å². The Balaban J connectivity index is 2.21. The molecule has 1 aromatic heterocycles. The van der Waals surface area contributed by atoms with E-state index < -0.39 is 12.0 Å². The maximum absolute atomic E-state index is 11.7. The monoisotopic (exact) mass is 335 g/mol. The van der Waals surface area contributed by atoms with Gasteiger partial charge >= 0.3 is 0 Å². The third kappa shape index (κ3) is 4.56. The van der Waals surface area contributed by atoms with Crippen LogP contribution in [0.25, 0.3) is 0 Å². The number of aromatic nitrogens is 2. The highest BCUT2D eigenvalue weighted by Gasteiger charge is 2.35. The van der Waals surface area contributed by atoms with E-state index >= 15 is 0 Å². The molecule has 1 fully saturated rings. The highest BCUT2D eigenvalue weighted by molar-refractivity contribution is 5.97. The van der Waals surface area contributed by atoms with Gasteiger partial charge in [0.2, 0.25) is 5.95 Å². The van der Waals surface area contributed by atoms with Crippen LogP contribution in [0, 0.1) is 5.41 Å². The van der Waals surface area contributed by atoms with Crippen LogP contribution < -0.4 is 16.4 Å². The Morgan fingerprint density at radius 1 is 1.42 bits per heavy atom. The Kier molecular flexibility index (Phi) is 5.03. The highest BCUT2D eigenvalue weighted by Crippen LogP contribution is 2.36. The number of nitrogens with two attached hydrogens (primary N) is 1. The number of hydrogen-bond acceptors (Lipinski definition) is 6. The van der Waals surface area contributed by atoms with E-state index in [1.54, 1.807) is 0 Å². The van der Waals surface area contributed by atoms with Crippen molar-refractivity contribution in [3.8, 4) is 0 Å². The molecule has 2 atom stereocenters. The zero-order chi connectivity index (χ0) is 18.1. The number of aliphatic hydroxyl groups excluding tert-OH is 1. The van der Waals surface area contributed by atoms with Gasteiger partial charge in [0.25, 0.3) is 5.91 Å². The van der Waals surface area contributed by atoms with Gasteiger partial charge in [0, 0.05) is 17.8 Å². The largest absolute Gasteiger partial charge is 0.392 e. The number of rotatable bonds is 4.